The highest BCUT2D eigenvalue weighted by molar-refractivity contribution is 7.13. The third kappa shape index (κ3) is 6.07. The van der Waals surface area contributed by atoms with Gasteiger partial charge in [0, 0.05) is 27.6 Å². The van der Waals surface area contributed by atoms with Crippen molar-refractivity contribution in [3.63, 3.8) is 0 Å². The third-order valence-corrected chi connectivity index (χ3v) is 10.1. The molecule has 4 aromatic rings. The molecule has 1 unspecified atom stereocenters. The number of benzene rings is 2. The summed E-state index contributed by atoms with van der Waals surface area (Å²) in [6.07, 6.45) is 25.5. The smallest absolute Gasteiger partial charge is 0.0377 e. The fourth-order valence-corrected chi connectivity index (χ4v) is 7.78. The van der Waals surface area contributed by atoms with Crippen LogP contribution in [0.25, 0.3) is 40.0 Å². The molecule has 44 heavy (non-hydrogen) atoms. The van der Waals surface area contributed by atoms with Gasteiger partial charge in [0.05, 0.1) is 0 Å². The van der Waals surface area contributed by atoms with Crippen molar-refractivity contribution in [1.29, 1.82) is 0 Å². The van der Waals surface area contributed by atoms with E-state index in [1.807, 2.05) is 35.9 Å². The molecular weight excluding hydrogens is 553 g/mol. The van der Waals surface area contributed by atoms with Crippen molar-refractivity contribution in [2.24, 2.45) is 5.73 Å². The van der Waals surface area contributed by atoms with Crippen molar-refractivity contribution in [3.05, 3.63) is 142 Å². The van der Waals surface area contributed by atoms with Gasteiger partial charge >= 0.3 is 0 Å². The summed E-state index contributed by atoms with van der Waals surface area (Å²) in [6, 6.07) is 18.3. The van der Waals surface area contributed by atoms with Crippen LogP contribution in [0.3, 0.4) is 0 Å². The number of rotatable bonds is 12. The molecule has 2 heterocycles. The Bertz CT molecular complexity index is 1750. The van der Waals surface area contributed by atoms with Gasteiger partial charge in [0.25, 0.3) is 0 Å². The Morgan fingerprint density at radius 1 is 0.909 bits per heavy atom. The predicted octanol–water partition coefficient (Wildman–Crippen LogP) is 11.3. The Morgan fingerprint density at radius 3 is 2.36 bits per heavy atom. The third-order valence-electron chi connectivity index (χ3n) is 8.88. The maximum atomic E-state index is 5.55. The molecule has 3 heteroatoms. The van der Waals surface area contributed by atoms with Crippen molar-refractivity contribution in [3.8, 4) is 22.3 Å². The Kier molecular flexibility index (Phi) is 9.97. The van der Waals surface area contributed by atoms with E-state index in [4.69, 9.17) is 5.73 Å². The lowest BCUT2D eigenvalue weighted by Crippen LogP contribution is -2.23. The number of hydrogen-bond acceptors (Lipinski definition) is 3. The van der Waals surface area contributed by atoms with Crippen molar-refractivity contribution in [2.75, 3.05) is 0 Å². The van der Waals surface area contributed by atoms with Gasteiger partial charge in [-0.3, -0.25) is 4.98 Å². The lowest BCUT2D eigenvalue weighted by molar-refractivity contribution is 0.515. The molecule has 1 aliphatic carbocycles. The molecule has 2 aromatic heterocycles. The number of nitrogens with two attached hydrogens (primary N) is 1. The Morgan fingerprint density at radius 2 is 1.66 bits per heavy atom. The van der Waals surface area contributed by atoms with Gasteiger partial charge < -0.3 is 5.73 Å². The molecule has 2 aromatic carbocycles. The molecule has 0 saturated heterocycles. The van der Waals surface area contributed by atoms with E-state index in [1.54, 1.807) is 6.20 Å². The predicted molar refractivity (Wildman–Crippen MR) is 194 cm³/mol. The number of hydrogen-bond donors (Lipinski definition) is 1. The van der Waals surface area contributed by atoms with Gasteiger partial charge in [-0.15, -0.1) is 11.3 Å². The summed E-state index contributed by atoms with van der Waals surface area (Å²) in [5.41, 5.74) is 18.6. The van der Waals surface area contributed by atoms with Crippen LogP contribution in [-0.4, -0.2) is 4.98 Å². The fourth-order valence-electron chi connectivity index (χ4n) is 6.66. The number of aryl methyl sites for hydroxylation is 1. The molecule has 0 amide bonds. The standard InChI is InChI=1S/C41H44N2S/c1-6-13-29(4)40-37(34(14-7-2)30(5)44-40)16-12-23-41(8-3)38-27-31(15-10-9-11-24-42)17-19-35(38)36-20-18-33(28-39(36)41)32-21-25-43-26-22-32/h7,9-12,14,16-22,24-28H,4,6,8,13,15,23,42H2,1-3,5H3/b10-9-,14-7-,16-12-,24-11-. The molecule has 0 bridgehead atoms. The number of aromatic nitrogens is 1. The number of fused-ring (bicyclic) bond motifs is 3. The number of pyridine rings is 1. The van der Waals surface area contributed by atoms with Crippen LogP contribution in [0.2, 0.25) is 0 Å². The zero-order chi connectivity index (χ0) is 31.1. The van der Waals surface area contributed by atoms with Gasteiger partial charge in [-0.05, 0) is 126 Å². The molecule has 0 fully saturated rings. The van der Waals surface area contributed by atoms with Gasteiger partial charge in [-0.25, -0.2) is 0 Å². The Balaban J connectivity index is 1.62. The minimum Gasteiger partial charge on any atom is -0.405 e. The Hall–Kier alpha value is -4.21. The number of nitrogens with zero attached hydrogens (tertiary/aromatic N) is 1. The van der Waals surface area contributed by atoms with Crippen LogP contribution in [0.4, 0.5) is 0 Å². The van der Waals surface area contributed by atoms with Gasteiger partial charge in [-0.2, -0.15) is 0 Å². The zero-order valence-corrected chi connectivity index (χ0v) is 27.4. The SMILES string of the molecule is C=C(CCC)c1sc(C)c(/C=C\C)c1/C=C\CC1(CC)c2cc(C/C=C\C=C/N)ccc2-c2ccc(-c3ccncc3)cc21. The highest BCUT2D eigenvalue weighted by Crippen LogP contribution is 2.54. The normalized spacial score (nSPS) is 16.1. The van der Waals surface area contributed by atoms with E-state index >= 15 is 0 Å². The molecule has 224 valence electrons. The van der Waals surface area contributed by atoms with Crippen molar-refractivity contribution in [1.82, 2.24) is 4.98 Å². The minimum absolute atomic E-state index is 0.131. The first-order chi connectivity index (χ1) is 21.5. The van der Waals surface area contributed by atoms with Crippen LogP contribution in [0.5, 0.6) is 0 Å². The average molecular weight is 597 g/mol. The second-order valence-corrected chi connectivity index (χ2v) is 12.8. The first kappa shape index (κ1) is 31.2. The number of thiophene rings is 1. The monoisotopic (exact) mass is 596 g/mol. The maximum Gasteiger partial charge on any atom is 0.0377 e. The minimum atomic E-state index is -0.131. The molecule has 5 rings (SSSR count). The molecular formula is C41H44N2S. The summed E-state index contributed by atoms with van der Waals surface area (Å²) in [7, 11) is 0. The van der Waals surface area contributed by atoms with Crippen molar-refractivity contribution < 1.29 is 0 Å². The highest BCUT2D eigenvalue weighted by Gasteiger charge is 2.41. The second-order valence-electron chi connectivity index (χ2n) is 11.6. The lowest BCUT2D eigenvalue weighted by atomic mass is 9.72. The van der Waals surface area contributed by atoms with E-state index in [-0.39, 0.29) is 5.41 Å². The topological polar surface area (TPSA) is 38.9 Å². The summed E-state index contributed by atoms with van der Waals surface area (Å²) in [6.45, 7) is 13.4. The van der Waals surface area contributed by atoms with Crippen LogP contribution in [0.15, 0.2) is 104 Å². The molecule has 2 nitrogen and oxygen atoms in total. The van der Waals surface area contributed by atoms with Gasteiger partial charge in [-0.1, -0.05) is 93.6 Å². The molecule has 2 N–H and O–H groups in total. The van der Waals surface area contributed by atoms with E-state index in [9.17, 15) is 0 Å². The largest absolute Gasteiger partial charge is 0.405 e. The van der Waals surface area contributed by atoms with Crippen LogP contribution in [0, 0.1) is 6.92 Å². The van der Waals surface area contributed by atoms with Crippen LogP contribution in [0.1, 0.15) is 84.0 Å². The van der Waals surface area contributed by atoms with E-state index in [0.717, 1.165) is 32.1 Å². The molecule has 1 aliphatic rings. The van der Waals surface area contributed by atoms with Crippen molar-refractivity contribution in [2.45, 2.75) is 65.2 Å². The zero-order valence-electron chi connectivity index (χ0n) is 26.6. The van der Waals surface area contributed by atoms with Gasteiger partial charge in [0.15, 0.2) is 0 Å². The summed E-state index contributed by atoms with van der Waals surface area (Å²) in [5, 5.41) is 0. The Labute approximate surface area is 268 Å². The highest BCUT2D eigenvalue weighted by atomic mass is 32.1. The van der Waals surface area contributed by atoms with Gasteiger partial charge in [0.1, 0.15) is 0 Å². The van der Waals surface area contributed by atoms with Crippen LogP contribution in [-0.2, 0) is 11.8 Å². The molecule has 1 atom stereocenters. The summed E-state index contributed by atoms with van der Waals surface area (Å²) in [5.74, 6) is 0. The number of allylic oxidation sites excluding steroid dienone is 6. The first-order valence-electron chi connectivity index (χ1n) is 15.8. The molecule has 0 saturated carbocycles. The first-order valence-corrected chi connectivity index (χ1v) is 16.6. The van der Waals surface area contributed by atoms with E-state index in [1.165, 1.54) is 65.4 Å². The second kappa shape index (κ2) is 14.1. The molecule has 0 spiro atoms. The van der Waals surface area contributed by atoms with Crippen LogP contribution < -0.4 is 5.73 Å². The molecule has 0 aliphatic heterocycles. The maximum absolute atomic E-state index is 5.55. The van der Waals surface area contributed by atoms with E-state index in [0.29, 0.717) is 0 Å². The van der Waals surface area contributed by atoms with E-state index < -0.39 is 0 Å². The quantitative estimate of drug-likeness (QED) is 0.165. The van der Waals surface area contributed by atoms with E-state index in [2.05, 4.69) is 118 Å². The van der Waals surface area contributed by atoms with Gasteiger partial charge in [0.2, 0.25) is 0 Å². The summed E-state index contributed by atoms with van der Waals surface area (Å²) < 4.78 is 0. The molecule has 0 radical (unpaired) electrons. The average Bonchev–Trinajstić information content (AvgIpc) is 3.51. The lowest BCUT2D eigenvalue weighted by Gasteiger charge is -2.30. The summed E-state index contributed by atoms with van der Waals surface area (Å²) in [4.78, 5) is 6.93. The fraction of sp³-hybridized carbons (Fsp3) is 0.244. The van der Waals surface area contributed by atoms with Crippen LogP contribution >= 0.6 is 11.3 Å². The van der Waals surface area contributed by atoms with Crippen molar-refractivity contribution >= 4 is 29.1 Å². The summed E-state index contributed by atoms with van der Waals surface area (Å²) >= 11 is 1.88.